The topological polar surface area (TPSA) is 75.6 Å². The van der Waals surface area contributed by atoms with Crippen molar-refractivity contribution >= 4 is 22.5 Å². The fourth-order valence-electron chi connectivity index (χ4n) is 2.61. The minimum atomic E-state index is -0.237. The first kappa shape index (κ1) is 14.2. The van der Waals surface area contributed by atoms with E-state index in [1.165, 1.54) is 0 Å². The van der Waals surface area contributed by atoms with Gasteiger partial charge in [-0.3, -0.25) is 9.89 Å². The van der Waals surface area contributed by atoms with Crippen LogP contribution in [0.15, 0.2) is 60.9 Å². The van der Waals surface area contributed by atoms with Crippen LogP contribution in [0.5, 0.6) is 0 Å². The fraction of sp³-hybridized carbons (Fsp3) is 0.0556. The van der Waals surface area contributed by atoms with Crippen molar-refractivity contribution in [3.05, 3.63) is 72.2 Å². The zero-order valence-corrected chi connectivity index (χ0v) is 13.0. The van der Waals surface area contributed by atoms with E-state index >= 15 is 0 Å². The second kappa shape index (κ2) is 5.66. The van der Waals surface area contributed by atoms with Gasteiger partial charge in [0.1, 0.15) is 0 Å². The molecule has 24 heavy (non-hydrogen) atoms. The van der Waals surface area contributed by atoms with Gasteiger partial charge in [0.2, 0.25) is 0 Å². The Hall–Kier alpha value is -3.41. The maximum absolute atomic E-state index is 12.5. The summed E-state index contributed by atoms with van der Waals surface area (Å²) in [5.41, 5.74) is 3.96. The highest BCUT2D eigenvalue weighted by Gasteiger charge is 2.14. The summed E-state index contributed by atoms with van der Waals surface area (Å²) in [7, 11) is 0. The van der Waals surface area contributed by atoms with Gasteiger partial charge in [0.15, 0.2) is 5.69 Å². The average molecular weight is 317 g/mol. The van der Waals surface area contributed by atoms with Crippen LogP contribution in [0, 0.1) is 6.92 Å². The summed E-state index contributed by atoms with van der Waals surface area (Å²) in [6, 6.07) is 15.2. The predicted octanol–water partition coefficient (Wildman–Crippen LogP) is 3.31. The quantitative estimate of drug-likeness (QED) is 0.608. The molecule has 1 amide bonds. The van der Waals surface area contributed by atoms with Crippen LogP contribution >= 0.6 is 0 Å². The lowest BCUT2D eigenvalue weighted by Gasteiger charge is -2.06. The van der Waals surface area contributed by atoms with Crippen molar-refractivity contribution in [3.8, 4) is 5.69 Å². The number of amides is 1. The second-order valence-electron chi connectivity index (χ2n) is 5.57. The summed E-state index contributed by atoms with van der Waals surface area (Å²) >= 11 is 0. The number of anilines is 1. The lowest BCUT2D eigenvalue weighted by atomic mass is 10.1. The van der Waals surface area contributed by atoms with Crippen molar-refractivity contribution in [3.63, 3.8) is 0 Å². The number of aryl methyl sites for hydroxylation is 1. The first-order chi connectivity index (χ1) is 11.7. The Kier molecular flexibility index (Phi) is 3.35. The molecule has 2 N–H and O–H groups in total. The minimum Gasteiger partial charge on any atom is -0.321 e. The van der Waals surface area contributed by atoms with Crippen molar-refractivity contribution in [2.45, 2.75) is 6.92 Å². The number of aromatic amines is 1. The highest BCUT2D eigenvalue weighted by Crippen LogP contribution is 2.19. The summed E-state index contributed by atoms with van der Waals surface area (Å²) in [5, 5.41) is 14.9. The maximum atomic E-state index is 12.5. The molecule has 0 spiro atoms. The Bertz CT molecular complexity index is 1000. The molecule has 4 aromatic rings. The molecule has 4 rings (SSSR count). The van der Waals surface area contributed by atoms with E-state index in [0.29, 0.717) is 11.4 Å². The largest absolute Gasteiger partial charge is 0.321 e. The summed E-state index contributed by atoms with van der Waals surface area (Å²) in [5.74, 6) is -0.237. The first-order valence-electron chi connectivity index (χ1n) is 7.57. The lowest BCUT2D eigenvalue weighted by molar-refractivity contribution is 0.102. The third-order valence-corrected chi connectivity index (χ3v) is 3.83. The van der Waals surface area contributed by atoms with E-state index in [2.05, 4.69) is 20.6 Å². The van der Waals surface area contributed by atoms with Crippen LogP contribution in [0.2, 0.25) is 0 Å². The third kappa shape index (κ3) is 2.54. The molecule has 6 nitrogen and oxygen atoms in total. The zero-order valence-electron chi connectivity index (χ0n) is 13.0. The average Bonchev–Trinajstić information content (AvgIpc) is 3.24. The van der Waals surface area contributed by atoms with Crippen LogP contribution < -0.4 is 5.32 Å². The van der Waals surface area contributed by atoms with E-state index in [-0.39, 0.29) is 5.91 Å². The van der Waals surface area contributed by atoms with E-state index in [4.69, 9.17) is 0 Å². The van der Waals surface area contributed by atoms with Crippen molar-refractivity contribution in [2.75, 3.05) is 5.32 Å². The molecular formula is C18H15N5O. The molecule has 118 valence electrons. The van der Waals surface area contributed by atoms with Crippen LogP contribution in [0.3, 0.4) is 0 Å². The van der Waals surface area contributed by atoms with Crippen LogP contribution in [0.4, 0.5) is 5.69 Å². The summed E-state index contributed by atoms with van der Waals surface area (Å²) in [6.07, 6.45) is 3.59. The second-order valence-corrected chi connectivity index (χ2v) is 5.57. The zero-order chi connectivity index (χ0) is 16.5. The van der Waals surface area contributed by atoms with Crippen molar-refractivity contribution in [1.29, 1.82) is 0 Å². The Labute approximate surface area is 138 Å². The summed E-state index contributed by atoms with van der Waals surface area (Å²) in [6.45, 7) is 1.99. The summed E-state index contributed by atoms with van der Waals surface area (Å²) in [4.78, 5) is 12.5. The number of carbonyl (C=O) groups is 1. The summed E-state index contributed by atoms with van der Waals surface area (Å²) < 4.78 is 1.76. The molecule has 0 radical (unpaired) electrons. The molecule has 0 saturated heterocycles. The van der Waals surface area contributed by atoms with Gasteiger partial charge in [-0.2, -0.15) is 10.2 Å². The Morgan fingerprint density at radius 2 is 2.00 bits per heavy atom. The molecule has 0 unspecified atom stereocenters. The molecule has 0 atom stereocenters. The number of nitrogens with zero attached hydrogens (tertiary/aromatic N) is 3. The normalized spacial score (nSPS) is 10.9. The fourth-order valence-corrected chi connectivity index (χ4v) is 2.61. The number of rotatable bonds is 3. The van der Waals surface area contributed by atoms with Crippen LogP contribution in [0.1, 0.15) is 16.1 Å². The molecule has 0 aliphatic heterocycles. The van der Waals surface area contributed by atoms with E-state index in [0.717, 1.165) is 22.2 Å². The van der Waals surface area contributed by atoms with Gasteiger partial charge < -0.3 is 5.32 Å². The van der Waals surface area contributed by atoms with Gasteiger partial charge in [0.05, 0.1) is 11.2 Å². The monoisotopic (exact) mass is 317 g/mol. The van der Waals surface area contributed by atoms with E-state index < -0.39 is 0 Å². The van der Waals surface area contributed by atoms with Gasteiger partial charge >= 0.3 is 0 Å². The van der Waals surface area contributed by atoms with Gasteiger partial charge in [-0.15, -0.1) is 0 Å². The molecule has 0 saturated carbocycles. The van der Waals surface area contributed by atoms with Crippen molar-refractivity contribution in [1.82, 2.24) is 20.0 Å². The highest BCUT2D eigenvalue weighted by molar-refractivity contribution is 6.11. The number of fused-ring (bicyclic) bond motifs is 1. The van der Waals surface area contributed by atoms with Gasteiger partial charge in [-0.05, 0) is 49.4 Å². The SMILES string of the molecule is Cc1ccc2[nH]nc(C(=O)Nc3ccc(-n4cccn4)cc3)c2c1. The number of benzene rings is 2. The van der Waals surface area contributed by atoms with Crippen LogP contribution in [-0.2, 0) is 0 Å². The number of aromatic nitrogens is 4. The first-order valence-corrected chi connectivity index (χ1v) is 7.57. The molecule has 2 heterocycles. The standard InChI is InChI=1S/C18H15N5O/c1-12-3-8-16-15(11-12)17(22-21-16)18(24)20-13-4-6-14(7-5-13)23-10-2-9-19-23/h2-11H,1H3,(H,20,24)(H,21,22). The number of H-pyrrole nitrogens is 1. The molecule has 6 heteroatoms. The van der Waals surface area contributed by atoms with Crippen molar-refractivity contribution < 1.29 is 4.79 Å². The molecule has 2 aromatic heterocycles. The highest BCUT2D eigenvalue weighted by atomic mass is 16.1. The Morgan fingerprint density at radius 3 is 2.75 bits per heavy atom. The Morgan fingerprint density at radius 1 is 1.17 bits per heavy atom. The predicted molar refractivity (Wildman–Crippen MR) is 92.3 cm³/mol. The number of nitrogens with one attached hydrogen (secondary N) is 2. The number of hydrogen-bond acceptors (Lipinski definition) is 3. The molecule has 0 bridgehead atoms. The lowest BCUT2D eigenvalue weighted by Crippen LogP contribution is -2.12. The van der Waals surface area contributed by atoms with Gasteiger partial charge in [0.25, 0.3) is 5.91 Å². The third-order valence-electron chi connectivity index (χ3n) is 3.83. The van der Waals surface area contributed by atoms with Gasteiger partial charge in [-0.1, -0.05) is 11.6 Å². The maximum Gasteiger partial charge on any atom is 0.276 e. The smallest absolute Gasteiger partial charge is 0.276 e. The number of carbonyl (C=O) groups excluding carboxylic acids is 1. The molecule has 2 aromatic carbocycles. The molecule has 0 aliphatic rings. The van der Waals surface area contributed by atoms with Gasteiger partial charge in [0, 0.05) is 23.5 Å². The molecular weight excluding hydrogens is 302 g/mol. The van der Waals surface area contributed by atoms with E-state index in [1.807, 2.05) is 61.7 Å². The molecule has 0 aliphatic carbocycles. The molecule has 0 fully saturated rings. The number of hydrogen-bond donors (Lipinski definition) is 2. The van der Waals surface area contributed by atoms with Crippen LogP contribution in [0.25, 0.3) is 16.6 Å². The van der Waals surface area contributed by atoms with E-state index in [1.54, 1.807) is 10.9 Å². The van der Waals surface area contributed by atoms with Crippen LogP contribution in [-0.4, -0.2) is 25.9 Å². The minimum absolute atomic E-state index is 0.237. The Balaban J connectivity index is 1.58. The van der Waals surface area contributed by atoms with E-state index in [9.17, 15) is 4.79 Å². The van der Waals surface area contributed by atoms with Gasteiger partial charge in [-0.25, -0.2) is 4.68 Å². The van der Waals surface area contributed by atoms with Crippen molar-refractivity contribution in [2.24, 2.45) is 0 Å².